The molecule has 2 aliphatic rings. The molecule has 6 atom stereocenters. The van der Waals surface area contributed by atoms with Gasteiger partial charge in [-0.3, -0.25) is 4.79 Å². The number of aryl methyl sites for hydroxylation is 1. The Morgan fingerprint density at radius 1 is 1.35 bits per heavy atom. The van der Waals surface area contributed by atoms with E-state index in [0.29, 0.717) is 43.8 Å². The van der Waals surface area contributed by atoms with Crippen LogP contribution in [0.5, 0.6) is 0 Å². The molecule has 1 aliphatic heterocycles. The number of fused-ring (bicyclic) bond motifs is 1. The summed E-state index contributed by atoms with van der Waals surface area (Å²) in [5, 5.41) is 20.9. The molecule has 1 aliphatic carbocycles. The number of aliphatic hydroxyl groups excluding tert-OH is 2. The average molecular weight is 435 g/mol. The van der Waals surface area contributed by atoms with Gasteiger partial charge in [-0.15, -0.1) is 0 Å². The number of benzene rings is 1. The summed E-state index contributed by atoms with van der Waals surface area (Å²) in [6, 6.07) is 6.62. The fourth-order valence-electron chi connectivity index (χ4n) is 4.94. The third-order valence-corrected chi connectivity index (χ3v) is 6.79. The summed E-state index contributed by atoms with van der Waals surface area (Å²) in [6.07, 6.45) is 8.23. The number of carbonyl (C=O) groups is 1. The summed E-state index contributed by atoms with van der Waals surface area (Å²) in [6.45, 7) is 0.663. The van der Waals surface area contributed by atoms with Gasteiger partial charge in [0.1, 0.15) is 5.82 Å². The van der Waals surface area contributed by atoms with Crippen molar-refractivity contribution in [3.05, 3.63) is 47.8 Å². The van der Waals surface area contributed by atoms with Crippen molar-refractivity contribution in [3.63, 3.8) is 0 Å². The summed E-state index contributed by atoms with van der Waals surface area (Å²) in [4.78, 5) is 11.3. The minimum Gasteiger partial charge on any atom is -0.469 e. The van der Waals surface area contributed by atoms with Crippen LogP contribution in [0.4, 0.5) is 4.39 Å². The minimum atomic E-state index is -0.677. The molecule has 0 unspecified atom stereocenters. The van der Waals surface area contributed by atoms with E-state index in [-0.39, 0.29) is 29.7 Å². The van der Waals surface area contributed by atoms with Gasteiger partial charge in [-0.1, -0.05) is 30.4 Å². The second kappa shape index (κ2) is 11.7. The Balaban J connectivity index is 1.48. The van der Waals surface area contributed by atoms with E-state index in [1.807, 2.05) is 6.08 Å². The van der Waals surface area contributed by atoms with Crippen molar-refractivity contribution in [1.82, 2.24) is 0 Å². The van der Waals surface area contributed by atoms with Gasteiger partial charge in [-0.2, -0.15) is 0 Å². The normalized spacial score (nSPS) is 29.5. The molecule has 0 bridgehead atoms. The summed E-state index contributed by atoms with van der Waals surface area (Å²) < 4.78 is 24.6. The van der Waals surface area contributed by atoms with E-state index < -0.39 is 12.2 Å². The largest absolute Gasteiger partial charge is 0.469 e. The highest BCUT2D eigenvalue weighted by molar-refractivity contribution is 5.68. The van der Waals surface area contributed by atoms with E-state index >= 15 is 0 Å². The maximum atomic E-state index is 13.7. The summed E-state index contributed by atoms with van der Waals surface area (Å²) in [5.41, 5.74) is 0.603. The maximum absolute atomic E-state index is 13.7. The molecular formula is C25H35FO5. The predicted octanol–water partition coefficient (Wildman–Crippen LogP) is 3.81. The van der Waals surface area contributed by atoms with E-state index in [4.69, 9.17) is 9.47 Å². The molecule has 2 N–H and O–H groups in total. The van der Waals surface area contributed by atoms with Crippen molar-refractivity contribution >= 4 is 5.97 Å². The molecule has 6 heteroatoms. The maximum Gasteiger partial charge on any atom is 0.305 e. The molecule has 0 spiro atoms. The third kappa shape index (κ3) is 6.86. The molecule has 0 amide bonds. The fraction of sp³-hybridized carbons (Fsp3) is 0.640. The zero-order valence-corrected chi connectivity index (χ0v) is 18.3. The molecule has 5 nitrogen and oxygen atoms in total. The molecule has 1 aromatic carbocycles. The number of esters is 1. The second-order valence-electron chi connectivity index (χ2n) is 8.91. The monoisotopic (exact) mass is 434 g/mol. The Kier molecular flexibility index (Phi) is 9.05. The molecule has 0 aromatic heterocycles. The predicted molar refractivity (Wildman–Crippen MR) is 116 cm³/mol. The summed E-state index contributed by atoms with van der Waals surface area (Å²) >= 11 is 0. The quantitative estimate of drug-likeness (QED) is 0.457. The first-order chi connectivity index (χ1) is 15.0. The van der Waals surface area contributed by atoms with E-state index in [1.165, 1.54) is 13.2 Å². The molecular weight excluding hydrogens is 399 g/mol. The molecule has 31 heavy (non-hydrogen) atoms. The number of halogens is 1. The van der Waals surface area contributed by atoms with Gasteiger partial charge < -0.3 is 19.7 Å². The summed E-state index contributed by atoms with van der Waals surface area (Å²) in [7, 11) is 1.41. The van der Waals surface area contributed by atoms with Gasteiger partial charge in [0, 0.05) is 25.4 Å². The fourth-order valence-corrected chi connectivity index (χ4v) is 4.94. The van der Waals surface area contributed by atoms with Crippen molar-refractivity contribution in [3.8, 4) is 0 Å². The molecule has 172 valence electrons. The van der Waals surface area contributed by atoms with Crippen LogP contribution < -0.4 is 0 Å². The van der Waals surface area contributed by atoms with E-state index in [0.717, 1.165) is 25.7 Å². The van der Waals surface area contributed by atoms with Crippen LogP contribution in [0.3, 0.4) is 0 Å². The first kappa shape index (κ1) is 23.9. The zero-order valence-electron chi connectivity index (χ0n) is 18.3. The van der Waals surface area contributed by atoms with Gasteiger partial charge in [0.25, 0.3) is 0 Å². The lowest BCUT2D eigenvalue weighted by atomic mass is 9.86. The average Bonchev–Trinajstić information content (AvgIpc) is 2.93. The van der Waals surface area contributed by atoms with E-state index in [1.54, 1.807) is 24.3 Å². The van der Waals surface area contributed by atoms with Gasteiger partial charge in [0.05, 0.1) is 25.4 Å². The van der Waals surface area contributed by atoms with Crippen LogP contribution in [0.15, 0.2) is 36.4 Å². The first-order valence-electron chi connectivity index (χ1n) is 11.4. The zero-order chi connectivity index (χ0) is 22.2. The number of hydrogen-bond donors (Lipinski definition) is 2. The SMILES string of the molecule is COC(=O)CCC[C@H]1CC[C@@H]2[C@@H](/C=C/[C@@H](O)CCc3ccccc3F)[C@H](O)C[C@@H]2OC1. The Hall–Kier alpha value is -1.76. The van der Waals surface area contributed by atoms with Gasteiger partial charge in [0.2, 0.25) is 0 Å². The van der Waals surface area contributed by atoms with Crippen LogP contribution in [0, 0.1) is 23.6 Å². The molecule has 1 aromatic rings. The number of carbonyl (C=O) groups excluding carboxylic acids is 1. The first-order valence-corrected chi connectivity index (χ1v) is 11.4. The van der Waals surface area contributed by atoms with Gasteiger partial charge in [-0.25, -0.2) is 4.39 Å². The van der Waals surface area contributed by atoms with E-state index in [2.05, 4.69) is 0 Å². The van der Waals surface area contributed by atoms with Crippen molar-refractivity contribution in [2.45, 2.75) is 69.7 Å². The van der Waals surface area contributed by atoms with Gasteiger partial charge >= 0.3 is 5.97 Å². The topological polar surface area (TPSA) is 76.0 Å². The highest BCUT2D eigenvalue weighted by Gasteiger charge is 2.43. The van der Waals surface area contributed by atoms with Crippen LogP contribution >= 0.6 is 0 Å². The molecule has 1 saturated carbocycles. The molecule has 1 saturated heterocycles. The lowest BCUT2D eigenvalue weighted by Crippen LogP contribution is -2.21. The Morgan fingerprint density at radius 3 is 2.94 bits per heavy atom. The van der Waals surface area contributed by atoms with Crippen LogP contribution in [0.2, 0.25) is 0 Å². The number of hydrogen-bond acceptors (Lipinski definition) is 5. The molecule has 0 radical (unpaired) electrons. The number of methoxy groups -OCH3 is 1. The van der Waals surface area contributed by atoms with Crippen LogP contribution in [0.25, 0.3) is 0 Å². The Labute approximate surface area is 184 Å². The second-order valence-corrected chi connectivity index (χ2v) is 8.91. The molecule has 1 heterocycles. The van der Waals surface area contributed by atoms with Crippen LogP contribution in [-0.2, 0) is 20.7 Å². The lowest BCUT2D eigenvalue weighted by molar-refractivity contribution is -0.140. The van der Waals surface area contributed by atoms with Crippen molar-refractivity contribution in [2.24, 2.45) is 17.8 Å². The Bertz CT molecular complexity index is 736. The smallest absolute Gasteiger partial charge is 0.305 e. The van der Waals surface area contributed by atoms with E-state index in [9.17, 15) is 19.4 Å². The highest BCUT2D eigenvalue weighted by atomic mass is 19.1. The number of rotatable bonds is 9. The number of aliphatic hydroxyl groups is 2. The van der Waals surface area contributed by atoms with Crippen molar-refractivity contribution in [1.29, 1.82) is 0 Å². The summed E-state index contributed by atoms with van der Waals surface area (Å²) in [5.74, 6) is 0.193. The van der Waals surface area contributed by atoms with Crippen LogP contribution in [-0.4, -0.2) is 48.2 Å². The van der Waals surface area contributed by atoms with Crippen LogP contribution in [0.1, 0.15) is 50.5 Å². The molecule has 3 rings (SSSR count). The molecule has 2 fully saturated rings. The van der Waals surface area contributed by atoms with Gasteiger partial charge in [0.15, 0.2) is 0 Å². The highest BCUT2D eigenvalue weighted by Crippen LogP contribution is 2.42. The third-order valence-electron chi connectivity index (χ3n) is 6.79. The number of ether oxygens (including phenoxy) is 2. The minimum absolute atomic E-state index is 0.0332. The Morgan fingerprint density at radius 2 is 2.16 bits per heavy atom. The van der Waals surface area contributed by atoms with Crippen molar-refractivity contribution in [2.75, 3.05) is 13.7 Å². The van der Waals surface area contributed by atoms with Crippen molar-refractivity contribution < 1.29 is 28.9 Å². The lowest BCUT2D eigenvalue weighted by Gasteiger charge is -2.21. The standard InChI is InChI=1S/C25H35FO5/c1-30-25(29)8-4-5-17-9-13-21-20(23(28)15-24(21)31-16-17)14-12-19(27)11-10-18-6-2-3-7-22(18)26/h2-3,6-7,12,14,17,19-21,23-24,27-28H,4-5,8-11,13,15-16H2,1H3/b14-12+/t17-,19-,20+,21+,23+,24-/m0/s1. The van der Waals surface area contributed by atoms with Gasteiger partial charge in [-0.05, 0) is 62.0 Å².